The highest BCUT2D eigenvalue weighted by Gasteiger charge is 2.19. The van der Waals surface area contributed by atoms with Gasteiger partial charge in [0, 0.05) is 41.0 Å². The summed E-state index contributed by atoms with van der Waals surface area (Å²) in [6.07, 6.45) is 3.97. The van der Waals surface area contributed by atoms with Crippen LogP contribution in [0.3, 0.4) is 0 Å². The van der Waals surface area contributed by atoms with Gasteiger partial charge in [-0.15, -0.1) is 0 Å². The maximum atomic E-state index is 13.1. The number of benzene rings is 1. The molecular formula is C24H30ClN3O2. The van der Waals surface area contributed by atoms with Gasteiger partial charge in [0.1, 0.15) is 0 Å². The van der Waals surface area contributed by atoms with Crippen LogP contribution < -0.4 is 10.9 Å². The molecule has 1 atom stereocenters. The van der Waals surface area contributed by atoms with E-state index in [0.29, 0.717) is 16.1 Å². The van der Waals surface area contributed by atoms with Crippen LogP contribution in [0, 0.1) is 13.8 Å². The van der Waals surface area contributed by atoms with Crippen molar-refractivity contribution in [3.05, 3.63) is 67.7 Å². The molecule has 2 aromatic heterocycles. The minimum atomic E-state index is -0.227. The molecule has 0 saturated heterocycles. The summed E-state index contributed by atoms with van der Waals surface area (Å²) in [6, 6.07) is 5.61. The summed E-state index contributed by atoms with van der Waals surface area (Å²) >= 11 is 6.35. The number of hydrogen-bond donors (Lipinski definition) is 2. The Balaban J connectivity index is 1.97. The maximum Gasteiger partial charge on any atom is 0.253 e. The summed E-state index contributed by atoms with van der Waals surface area (Å²) in [5, 5.41) is 4.39. The number of aromatic nitrogens is 2. The number of aromatic amines is 1. The van der Waals surface area contributed by atoms with Gasteiger partial charge in [-0.25, -0.2) is 0 Å². The van der Waals surface area contributed by atoms with Gasteiger partial charge in [0.2, 0.25) is 0 Å². The van der Waals surface area contributed by atoms with Crippen molar-refractivity contribution in [1.82, 2.24) is 14.9 Å². The van der Waals surface area contributed by atoms with Crippen molar-refractivity contribution in [3.63, 3.8) is 0 Å². The molecular weight excluding hydrogens is 398 g/mol. The predicted molar refractivity (Wildman–Crippen MR) is 124 cm³/mol. The van der Waals surface area contributed by atoms with Crippen LogP contribution in [0.1, 0.15) is 72.3 Å². The molecule has 0 bridgehead atoms. The van der Waals surface area contributed by atoms with E-state index < -0.39 is 0 Å². The number of nitrogens with zero attached hydrogens (tertiary/aromatic N) is 1. The molecule has 1 unspecified atom stereocenters. The molecule has 3 rings (SSSR count). The fourth-order valence-electron chi connectivity index (χ4n) is 4.05. The highest BCUT2D eigenvalue weighted by atomic mass is 35.5. The Hall–Kier alpha value is -2.53. The lowest BCUT2D eigenvalue weighted by Crippen LogP contribution is -2.29. The van der Waals surface area contributed by atoms with Crippen LogP contribution in [0.25, 0.3) is 10.9 Å². The number of halogens is 1. The molecule has 1 amide bonds. The first-order valence-electron chi connectivity index (χ1n) is 10.6. The molecule has 2 N–H and O–H groups in total. The summed E-state index contributed by atoms with van der Waals surface area (Å²) in [5.41, 5.74) is 4.82. The van der Waals surface area contributed by atoms with Crippen molar-refractivity contribution in [2.75, 3.05) is 0 Å². The first-order valence-corrected chi connectivity index (χ1v) is 10.9. The number of aryl methyl sites for hydroxylation is 3. The van der Waals surface area contributed by atoms with Crippen molar-refractivity contribution in [2.45, 2.75) is 66.5 Å². The quantitative estimate of drug-likeness (QED) is 0.526. The molecule has 0 fully saturated rings. The third-order valence-electron chi connectivity index (χ3n) is 5.72. The zero-order valence-corrected chi connectivity index (χ0v) is 19.1. The van der Waals surface area contributed by atoms with Crippen molar-refractivity contribution in [3.8, 4) is 0 Å². The largest absolute Gasteiger partial charge is 0.348 e. The van der Waals surface area contributed by atoms with Gasteiger partial charge in [-0.1, -0.05) is 32.4 Å². The second kappa shape index (κ2) is 9.09. The van der Waals surface area contributed by atoms with Gasteiger partial charge in [0.15, 0.2) is 0 Å². The van der Waals surface area contributed by atoms with E-state index in [1.54, 1.807) is 6.07 Å². The molecule has 2 heterocycles. The van der Waals surface area contributed by atoms with Crippen molar-refractivity contribution in [2.24, 2.45) is 0 Å². The van der Waals surface area contributed by atoms with E-state index in [1.807, 2.05) is 26.0 Å². The topological polar surface area (TPSA) is 66.9 Å². The molecule has 0 spiro atoms. The van der Waals surface area contributed by atoms with Gasteiger partial charge < -0.3 is 14.9 Å². The predicted octanol–water partition coefficient (Wildman–Crippen LogP) is 5.45. The van der Waals surface area contributed by atoms with Gasteiger partial charge >= 0.3 is 0 Å². The minimum Gasteiger partial charge on any atom is -0.348 e. The number of fused-ring (bicyclic) bond motifs is 1. The van der Waals surface area contributed by atoms with Crippen molar-refractivity contribution < 1.29 is 4.79 Å². The van der Waals surface area contributed by atoms with Gasteiger partial charge in [-0.05, 0) is 61.9 Å². The summed E-state index contributed by atoms with van der Waals surface area (Å²) in [6.45, 7) is 11.2. The molecule has 0 aliphatic heterocycles. The van der Waals surface area contributed by atoms with E-state index in [0.717, 1.165) is 47.1 Å². The van der Waals surface area contributed by atoms with Gasteiger partial charge in [0.25, 0.3) is 11.5 Å². The Morgan fingerprint density at radius 3 is 2.63 bits per heavy atom. The standard InChI is InChI=1S/C24H30ClN3O2/c1-6-8-28-13-15(4)22-19(10-17(25)11-21(22)28)23(29)26-12-20-18(14(3)7-2)9-16(5)27-24(20)30/h9-11,13-14H,6-8,12H2,1-5H3,(H,26,29)(H,27,30). The molecule has 6 heteroatoms. The maximum absolute atomic E-state index is 13.1. The fourth-order valence-corrected chi connectivity index (χ4v) is 4.27. The molecule has 30 heavy (non-hydrogen) atoms. The number of rotatable bonds is 7. The Kier molecular flexibility index (Phi) is 6.71. The monoisotopic (exact) mass is 427 g/mol. The van der Waals surface area contributed by atoms with Crippen LogP contribution in [0.15, 0.2) is 29.2 Å². The smallest absolute Gasteiger partial charge is 0.253 e. The molecule has 0 radical (unpaired) electrons. The van der Waals surface area contributed by atoms with Crippen LogP contribution >= 0.6 is 11.6 Å². The number of nitrogens with one attached hydrogen (secondary N) is 2. The number of carbonyl (C=O) groups is 1. The molecule has 0 aliphatic rings. The highest BCUT2D eigenvalue weighted by Crippen LogP contribution is 2.29. The normalized spacial score (nSPS) is 12.3. The average Bonchev–Trinajstić information content (AvgIpc) is 3.00. The third-order valence-corrected chi connectivity index (χ3v) is 5.94. The Labute approximate surface area is 182 Å². The van der Waals surface area contributed by atoms with Crippen LogP contribution in [0.5, 0.6) is 0 Å². The Morgan fingerprint density at radius 1 is 1.23 bits per heavy atom. The van der Waals surface area contributed by atoms with Crippen LogP contribution in [-0.4, -0.2) is 15.5 Å². The highest BCUT2D eigenvalue weighted by molar-refractivity contribution is 6.32. The van der Waals surface area contributed by atoms with E-state index in [9.17, 15) is 9.59 Å². The summed E-state index contributed by atoms with van der Waals surface area (Å²) < 4.78 is 2.14. The van der Waals surface area contributed by atoms with Crippen molar-refractivity contribution >= 4 is 28.4 Å². The second-order valence-electron chi connectivity index (χ2n) is 8.06. The number of amides is 1. The second-order valence-corrected chi connectivity index (χ2v) is 8.50. The lowest BCUT2D eigenvalue weighted by Gasteiger charge is -2.16. The third kappa shape index (κ3) is 4.31. The van der Waals surface area contributed by atoms with E-state index in [2.05, 4.69) is 41.8 Å². The number of hydrogen-bond acceptors (Lipinski definition) is 2. The summed E-state index contributed by atoms with van der Waals surface area (Å²) in [4.78, 5) is 28.6. The Bertz CT molecular complexity index is 1140. The van der Waals surface area contributed by atoms with Gasteiger partial charge in [-0.3, -0.25) is 9.59 Å². The first kappa shape index (κ1) is 22.2. The number of H-pyrrole nitrogens is 1. The summed E-state index contributed by atoms with van der Waals surface area (Å²) in [7, 11) is 0. The van der Waals surface area contributed by atoms with Crippen molar-refractivity contribution in [1.29, 1.82) is 0 Å². The van der Waals surface area contributed by atoms with Crippen LogP contribution in [0.4, 0.5) is 0 Å². The average molecular weight is 428 g/mol. The zero-order chi connectivity index (χ0) is 22.0. The summed E-state index contributed by atoms with van der Waals surface area (Å²) in [5.74, 6) is 0.0102. The Morgan fingerprint density at radius 2 is 1.97 bits per heavy atom. The van der Waals surface area contributed by atoms with Gasteiger partial charge in [0.05, 0.1) is 11.1 Å². The number of pyridine rings is 1. The molecule has 1 aromatic carbocycles. The van der Waals surface area contributed by atoms with Crippen LogP contribution in [0.2, 0.25) is 5.02 Å². The lowest BCUT2D eigenvalue weighted by molar-refractivity contribution is 0.0952. The first-order chi connectivity index (χ1) is 14.3. The van der Waals surface area contributed by atoms with E-state index >= 15 is 0 Å². The molecule has 0 saturated carbocycles. The fraction of sp³-hybridized carbons (Fsp3) is 0.417. The van der Waals surface area contributed by atoms with E-state index in [1.165, 1.54) is 0 Å². The molecule has 0 aliphatic carbocycles. The molecule has 160 valence electrons. The van der Waals surface area contributed by atoms with E-state index in [-0.39, 0.29) is 23.9 Å². The van der Waals surface area contributed by atoms with Crippen LogP contribution in [-0.2, 0) is 13.1 Å². The molecule has 5 nitrogen and oxygen atoms in total. The van der Waals surface area contributed by atoms with Gasteiger partial charge in [-0.2, -0.15) is 0 Å². The lowest BCUT2D eigenvalue weighted by atomic mass is 9.94. The zero-order valence-electron chi connectivity index (χ0n) is 18.4. The molecule has 3 aromatic rings. The van der Waals surface area contributed by atoms with E-state index in [4.69, 9.17) is 11.6 Å². The minimum absolute atomic E-state index is 0.146. The SMILES string of the molecule is CCCn1cc(C)c2c(C(=O)NCc3c(C(C)CC)cc(C)[nH]c3=O)cc(Cl)cc21. The number of carbonyl (C=O) groups excluding carboxylic acids is 1.